The number of carbonyl (C=O) groups is 1. The van der Waals surface area contributed by atoms with Crippen molar-refractivity contribution < 1.29 is 17.9 Å². The summed E-state index contributed by atoms with van der Waals surface area (Å²) in [5.41, 5.74) is 1.62. The van der Waals surface area contributed by atoms with Crippen molar-refractivity contribution in [2.75, 3.05) is 23.3 Å². The van der Waals surface area contributed by atoms with Gasteiger partial charge in [-0.15, -0.1) is 11.8 Å². The van der Waals surface area contributed by atoms with E-state index < -0.39 is 10.0 Å². The number of nitrogens with zero attached hydrogens (tertiary/aromatic N) is 1. The number of anilines is 2. The van der Waals surface area contributed by atoms with Gasteiger partial charge in [-0.05, 0) is 30.3 Å². The summed E-state index contributed by atoms with van der Waals surface area (Å²) in [5, 5.41) is 0.578. The number of hydrogen-bond acceptors (Lipinski definition) is 5. The van der Waals surface area contributed by atoms with Crippen LogP contribution in [0.3, 0.4) is 0 Å². The van der Waals surface area contributed by atoms with Gasteiger partial charge in [-0.25, -0.2) is 8.42 Å². The summed E-state index contributed by atoms with van der Waals surface area (Å²) in [5.74, 6) is 0.396. The van der Waals surface area contributed by atoms with E-state index >= 15 is 0 Å². The molecule has 1 N–H and O–H groups in total. The van der Waals surface area contributed by atoms with Crippen molar-refractivity contribution in [1.82, 2.24) is 0 Å². The molecule has 1 amide bonds. The van der Waals surface area contributed by atoms with Crippen LogP contribution in [0.15, 0.2) is 40.1 Å². The number of thioether (sulfide) groups is 1. The van der Waals surface area contributed by atoms with Gasteiger partial charge in [-0.3, -0.25) is 9.52 Å². The van der Waals surface area contributed by atoms with Gasteiger partial charge in [0.05, 0.1) is 34.8 Å². The van der Waals surface area contributed by atoms with Crippen molar-refractivity contribution in [3.05, 3.63) is 40.9 Å². The standard InChI is InChI=1S/C18H17ClN2O4S2/c1-10-9-21-17(22)8-12-16(6-5-15(26-10)18(12)21)27(23,24)20-11-3-4-14(25-2)13(19)7-11/h3-7,10,20H,8-9H2,1-2H3/t10-/m0/s1. The lowest BCUT2D eigenvalue weighted by Crippen LogP contribution is -2.35. The quantitative estimate of drug-likeness (QED) is 0.812. The summed E-state index contributed by atoms with van der Waals surface area (Å²) in [6, 6.07) is 8.01. The number of benzene rings is 2. The first kappa shape index (κ1) is 18.5. The van der Waals surface area contributed by atoms with Crippen LogP contribution in [0.25, 0.3) is 0 Å². The van der Waals surface area contributed by atoms with Crippen LogP contribution in [0.1, 0.15) is 12.5 Å². The van der Waals surface area contributed by atoms with Crippen molar-refractivity contribution in [1.29, 1.82) is 0 Å². The highest BCUT2D eigenvalue weighted by Gasteiger charge is 2.38. The third-order valence-electron chi connectivity index (χ3n) is 4.56. The van der Waals surface area contributed by atoms with Crippen molar-refractivity contribution in [2.24, 2.45) is 0 Å². The van der Waals surface area contributed by atoms with Crippen LogP contribution in [0, 0.1) is 0 Å². The second-order valence-electron chi connectivity index (χ2n) is 6.45. The molecule has 1 atom stereocenters. The summed E-state index contributed by atoms with van der Waals surface area (Å²) < 4.78 is 33.6. The van der Waals surface area contributed by atoms with E-state index in [1.54, 1.807) is 40.9 Å². The first-order valence-corrected chi connectivity index (χ1v) is 11.0. The largest absolute Gasteiger partial charge is 0.495 e. The number of hydrogen-bond donors (Lipinski definition) is 1. The van der Waals surface area contributed by atoms with Crippen LogP contribution in [-0.4, -0.2) is 33.2 Å². The fraction of sp³-hybridized carbons (Fsp3) is 0.278. The molecule has 0 bridgehead atoms. The SMILES string of the molecule is COc1ccc(NS(=O)(=O)c2ccc3c4c2CC(=O)N4C[C@H](C)S3)cc1Cl. The van der Waals surface area contributed by atoms with Crippen LogP contribution in [0.2, 0.25) is 5.02 Å². The molecule has 0 spiro atoms. The molecule has 2 heterocycles. The molecule has 2 aliphatic heterocycles. The first-order valence-electron chi connectivity index (χ1n) is 8.29. The fourth-order valence-corrected chi connectivity index (χ4v) is 6.12. The average molecular weight is 425 g/mol. The van der Waals surface area contributed by atoms with E-state index in [1.165, 1.54) is 13.2 Å². The molecule has 0 aromatic heterocycles. The zero-order valence-corrected chi connectivity index (χ0v) is 17.0. The maximum atomic E-state index is 13.0. The molecule has 0 saturated heterocycles. The number of nitrogens with one attached hydrogen (secondary N) is 1. The van der Waals surface area contributed by atoms with Gasteiger partial charge in [0.25, 0.3) is 10.0 Å². The Balaban J connectivity index is 1.74. The summed E-state index contributed by atoms with van der Waals surface area (Å²) >= 11 is 7.74. The molecule has 0 fully saturated rings. The third kappa shape index (κ3) is 3.15. The maximum Gasteiger partial charge on any atom is 0.262 e. The number of rotatable bonds is 4. The van der Waals surface area contributed by atoms with Crippen molar-refractivity contribution >= 4 is 50.7 Å². The van der Waals surface area contributed by atoms with Gasteiger partial charge in [0.1, 0.15) is 5.75 Å². The molecule has 0 aliphatic carbocycles. The highest BCUT2D eigenvalue weighted by molar-refractivity contribution is 8.00. The average Bonchev–Trinajstić information content (AvgIpc) is 2.92. The fourth-order valence-electron chi connectivity index (χ4n) is 3.43. The highest BCUT2D eigenvalue weighted by Crippen LogP contribution is 2.46. The number of sulfonamides is 1. The van der Waals surface area contributed by atoms with Crippen LogP contribution < -0.4 is 14.4 Å². The van der Waals surface area contributed by atoms with Gasteiger partial charge in [0, 0.05) is 22.3 Å². The van der Waals surface area contributed by atoms with Crippen LogP contribution in [0.4, 0.5) is 11.4 Å². The molecular weight excluding hydrogens is 408 g/mol. The van der Waals surface area contributed by atoms with Crippen molar-refractivity contribution in [3.8, 4) is 5.75 Å². The van der Waals surface area contributed by atoms with Crippen molar-refractivity contribution in [2.45, 2.75) is 28.4 Å². The van der Waals surface area contributed by atoms with Crippen LogP contribution in [0.5, 0.6) is 5.75 Å². The first-order chi connectivity index (χ1) is 12.8. The summed E-state index contributed by atoms with van der Waals surface area (Å²) in [6.07, 6.45) is 0.0933. The molecule has 2 aromatic carbocycles. The number of carbonyl (C=O) groups excluding carboxylic acids is 1. The molecule has 4 rings (SSSR count). The van der Waals surface area contributed by atoms with Gasteiger partial charge in [0.2, 0.25) is 5.91 Å². The molecule has 27 heavy (non-hydrogen) atoms. The second-order valence-corrected chi connectivity index (χ2v) is 9.99. The van der Waals surface area contributed by atoms with Gasteiger partial charge in [-0.2, -0.15) is 0 Å². The zero-order valence-electron chi connectivity index (χ0n) is 14.7. The number of methoxy groups -OCH3 is 1. The molecule has 9 heteroatoms. The lowest BCUT2D eigenvalue weighted by Gasteiger charge is -2.29. The predicted octanol–water partition coefficient (Wildman–Crippen LogP) is 3.53. The molecule has 0 unspecified atom stereocenters. The van der Waals surface area contributed by atoms with E-state index in [4.69, 9.17) is 16.3 Å². The molecule has 2 aromatic rings. The predicted molar refractivity (Wildman–Crippen MR) is 107 cm³/mol. The van der Waals surface area contributed by atoms with E-state index in [0.29, 0.717) is 28.6 Å². The molecule has 142 valence electrons. The number of amides is 1. The Morgan fingerprint density at radius 1 is 1.30 bits per heavy atom. The molecule has 0 saturated carbocycles. The van der Waals surface area contributed by atoms with Crippen LogP contribution >= 0.6 is 23.4 Å². The molecule has 0 radical (unpaired) electrons. The Hall–Kier alpha value is -1.90. The normalized spacial score (nSPS) is 18.4. The zero-order chi connectivity index (χ0) is 19.3. The van der Waals surface area contributed by atoms with Gasteiger partial charge in [0.15, 0.2) is 0 Å². The van der Waals surface area contributed by atoms with Gasteiger partial charge >= 0.3 is 0 Å². The smallest absolute Gasteiger partial charge is 0.262 e. The topological polar surface area (TPSA) is 75.7 Å². The molecule has 6 nitrogen and oxygen atoms in total. The molecular formula is C18H17ClN2O4S2. The van der Waals surface area contributed by atoms with E-state index in [9.17, 15) is 13.2 Å². The monoisotopic (exact) mass is 424 g/mol. The van der Waals surface area contributed by atoms with E-state index in [2.05, 4.69) is 11.6 Å². The second kappa shape index (κ2) is 6.61. The van der Waals surface area contributed by atoms with Crippen LogP contribution in [-0.2, 0) is 21.2 Å². The van der Waals surface area contributed by atoms with Gasteiger partial charge < -0.3 is 9.64 Å². The Morgan fingerprint density at radius 2 is 2.07 bits per heavy atom. The Kier molecular flexibility index (Phi) is 4.52. The minimum atomic E-state index is -3.87. The van der Waals surface area contributed by atoms with E-state index in [-0.39, 0.29) is 22.5 Å². The van der Waals surface area contributed by atoms with Gasteiger partial charge in [-0.1, -0.05) is 18.5 Å². The summed E-state index contributed by atoms with van der Waals surface area (Å²) in [4.78, 5) is 15.2. The highest BCUT2D eigenvalue weighted by atomic mass is 35.5. The van der Waals surface area contributed by atoms with E-state index in [0.717, 1.165) is 10.6 Å². The van der Waals surface area contributed by atoms with Crippen molar-refractivity contribution in [3.63, 3.8) is 0 Å². The van der Waals surface area contributed by atoms with E-state index in [1.807, 2.05) is 0 Å². The third-order valence-corrected chi connectivity index (χ3v) is 7.46. The number of halogens is 1. The number of ether oxygens (including phenoxy) is 1. The minimum Gasteiger partial charge on any atom is -0.495 e. The Bertz CT molecular complexity index is 1060. The maximum absolute atomic E-state index is 13.0. The lowest BCUT2D eigenvalue weighted by molar-refractivity contribution is -0.117. The summed E-state index contributed by atoms with van der Waals surface area (Å²) in [7, 11) is -2.39. The Labute approximate surface area is 166 Å². The Morgan fingerprint density at radius 3 is 2.78 bits per heavy atom. The minimum absolute atomic E-state index is 0.0615. The summed E-state index contributed by atoms with van der Waals surface area (Å²) in [6.45, 7) is 2.65. The molecule has 2 aliphatic rings. The lowest BCUT2D eigenvalue weighted by atomic mass is 10.1.